The van der Waals surface area contributed by atoms with Crippen molar-refractivity contribution >= 4 is 0 Å². The minimum Gasteiger partial charge on any atom is -0.389 e. The van der Waals surface area contributed by atoms with Gasteiger partial charge in [-0.3, -0.25) is 38.0 Å². The van der Waals surface area contributed by atoms with Crippen LogP contribution in [0.4, 0.5) is 17.6 Å². The predicted octanol–water partition coefficient (Wildman–Crippen LogP) is 19.7. The van der Waals surface area contributed by atoms with Gasteiger partial charge in [0.05, 0.1) is 105 Å². The van der Waals surface area contributed by atoms with Crippen molar-refractivity contribution in [2.75, 3.05) is 66.2 Å². The summed E-state index contributed by atoms with van der Waals surface area (Å²) in [6.07, 6.45) is 40.4. The zero-order valence-corrected chi connectivity index (χ0v) is 76.8. The summed E-state index contributed by atoms with van der Waals surface area (Å²) in [7, 11) is 2.19. The highest BCUT2D eigenvalue weighted by Crippen LogP contribution is 2.39. The van der Waals surface area contributed by atoms with Crippen LogP contribution in [0.2, 0.25) is 0 Å². The monoisotopic (exact) mass is 1630 g/mol. The SMILES string of the molecule is CC(C)(C)c1cnn(-c2ccncc2)c1.CC(C)(C)c1cnn(C(F)F)c1.CC(C)(C)c1cnn(C2CCC(F)(F)CC2)c1.CC(C)(C)c1cnn(C2CCOCC2)c1.CC(C)(C)c1cnn(CCN2CCOCC2)c1.CC(C)(O)Cn1cc(C(C)(C)C)cn1.CCn1cc(C(C)(C)C)cn1.CN1CCC(n2cc(C(C)(C)C)cn2)CC1. The van der Waals surface area contributed by atoms with E-state index in [-0.39, 0.29) is 62.2 Å². The molecule has 1 saturated carbocycles. The molecular weight excluding hydrogens is 1480 g/mol. The molecule has 1 aliphatic carbocycles. The number of likely N-dealkylation sites (tertiary alicyclic amines) is 1. The van der Waals surface area contributed by atoms with Gasteiger partial charge in [0.25, 0.3) is 0 Å². The third-order valence-corrected chi connectivity index (χ3v) is 21.3. The Labute approximate surface area is 699 Å². The molecule has 26 heteroatoms. The molecule has 0 atom stereocenters. The van der Waals surface area contributed by atoms with E-state index in [1.54, 1.807) is 30.9 Å². The molecule has 1 N–H and O–H groups in total. The Bertz CT molecular complexity index is 4250. The Balaban J connectivity index is 0.000000208. The van der Waals surface area contributed by atoms with Crippen LogP contribution in [0.15, 0.2) is 124 Å². The molecule has 3 aliphatic heterocycles. The second-order valence-electron chi connectivity index (χ2n) is 40.7. The van der Waals surface area contributed by atoms with E-state index in [9.17, 15) is 22.7 Å². The maximum Gasteiger partial charge on any atom is 0.333 e. The van der Waals surface area contributed by atoms with Crippen molar-refractivity contribution in [3.63, 3.8) is 0 Å². The Morgan fingerprint density at radius 3 is 1.11 bits per heavy atom. The molecule has 4 fully saturated rings. The van der Waals surface area contributed by atoms with Crippen LogP contribution in [-0.4, -0.2) is 176 Å². The first kappa shape index (κ1) is 98.2. The maximum atomic E-state index is 13.1. The Kier molecular flexibility index (Phi) is 35.3. The van der Waals surface area contributed by atoms with Crippen LogP contribution in [0.5, 0.6) is 0 Å². The van der Waals surface area contributed by atoms with Crippen LogP contribution >= 0.6 is 0 Å². The van der Waals surface area contributed by atoms with Gasteiger partial charge in [-0.05, 0) is 179 Å². The summed E-state index contributed by atoms with van der Waals surface area (Å²) in [6.45, 7) is 66.5. The Morgan fingerprint density at radius 1 is 0.402 bits per heavy atom. The predicted molar refractivity (Wildman–Crippen MR) is 464 cm³/mol. The lowest BCUT2D eigenvalue weighted by Gasteiger charge is -2.29. The lowest BCUT2D eigenvalue weighted by Crippen LogP contribution is -2.38. The molecule has 0 spiro atoms. The quantitative estimate of drug-likeness (QED) is 0.120. The first-order valence-electron chi connectivity index (χ1n) is 42.3. The average Bonchev–Trinajstić information content (AvgIpc) is 1.72. The number of pyridine rings is 1. The number of piperidine rings is 1. The van der Waals surface area contributed by atoms with Gasteiger partial charge in [-0.15, -0.1) is 0 Å². The van der Waals surface area contributed by atoms with Crippen LogP contribution in [-0.2, 0) is 72.4 Å². The molecule has 4 aliphatic rings. The number of aliphatic hydroxyl groups is 1. The van der Waals surface area contributed by atoms with E-state index >= 15 is 0 Å². The van der Waals surface area contributed by atoms with Gasteiger partial charge in [0.1, 0.15) is 0 Å². The van der Waals surface area contributed by atoms with Gasteiger partial charge >= 0.3 is 6.55 Å². The number of aromatic nitrogens is 17. The van der Waals surface area contributed by atoms with E-state index in [0.29, 0.717) is 36.2 Å². The number of hydrogen-bond donors (Lipinski definition) is 1. The molecule has 0 unspecified atom stereocenters. The number of hydrogen-bond acceptors (Lipinski definition) is 14. The number of nitrogens with zero attached hydrogens (tertiary/aromatic N) is 19. The highest BCUT2D eigenvalue weighted by molar-refractivity contribution is 5.30. The largest absolute Gasteiger partial charge is 0.389 e. The van der Waals surface area contributed by atoms with Crippen molar-refractivity contribution < 1.29 is 32.1 Å². The van der Waals surface area contributed by atoms with Gasteiger partial charge < -0.3 is 19.5 Å². The van der Waals surface area contributed by atoms with Crippen molar-refractivity contribution in [3.05, 3.63) is 168 Å². The van der Waals surface area contributed by atoms with Crippen molar-refractivity contribution in [1.82, 2.24) is 93.0 Å². The number of halogens is 4. The van der Waals surface area contributed by atoms with Crippen LogP contribution in [0.3, 0.4) is 0 Å². The second kappa shape index (κ2) is 42.0. The van der Waals surface area contributed by atoms with Crippen molar-refractivity contribution in [1.29, 1.82) is 0 Å². The smallest absolute Gasteiger partial charge is 0.333 e. The normalized spacial score (nSPS) is 16.6. The first-order valence-corrected chi connectivity index (χ1v) is 42.3. The summed E-state index contributed by atoms with van der Waals surface area (Å²) in [4.78, 5) is 8.81. The number of aryl methyl sites for hydroxylation is 1. The third-order valence-electron chi connectivity index (χ3n) is 21.3. The van der Waals surface area contributed by atoms with Crippen LogP contribution in [0, 0.1) is 0 Å². The molecule has 0 amide bonds. The number of ether oxygens (including phenoxy) is 2. The zero-order valence-electron chi connectivity index (χ0n) is 76.8. The topological polar surface area (TPSA) is 201 Å². The fraction of sp³-hybridized carbons (Fsp3) is 0.681. The molecule has 117 heavy (non-hydrogen) atoms. The van der Waals surface area contributed by atoms with Crippen molar-refractivity contribution in [2.24, 2.45) is 0 Å². The van der Waals surface area contributed by atoms with E-state index in [1.807, 2.05) is 103 Å². The second-order valence-corrected chi connectivity index (χ2v) is 40.7. The van der Waals surface area contributed by atoms with E-state index in [4.69, 9.17) is 9.47 Å². The minimum absolute atomic E-state index is 0.0115. The van der Waals surface area contributed by atoms with Crippen LogP contribution in [0.1, 0.15) is 307 Å². The number of morpholine rings is 1. The molecule has 0 aromatic carbocycles. The standard InChI is InChI=1S/C13H20F2N2.C13H23N3O.C13H23N3.C12H15N3.C12H20N2O.C11H20N2O.C9H16N2.C8H12F2N2/c1-12(2,3)10-8-16-17(9-10)11-4-6-13(14,15)7-5-11;1-13(2,3)12-10-14-16(11-12)5-4-15-6-8-17-9-7-15;1-13(2,3)11-9-14-16(10-11)12-5-7-15(4)8-6-12;1-12(2,3)10-8-14-15(9-10)11-4-6-13-7-5-11;1-12(2,3)10-8-13-14(9-10)11-4-6-15-7-5-11;1-10(2,3)9-6-12-13(7-9)8-11(4,5)14;1-5-11-7-8(6-10-11)9(2,3)4;1-8(2,3)6-4-11-12(5-6)7(9)10/h8-9,11H,4-7H2,1-3H3;10-11H,4-9H2,1-3H3;9-10,12H,5-8H2,1-4H3;4-9H,1-3H3;8-9,11H,4-7H2,1-3H3;6-7,14H,8H2,1-5H3;6-7H,5H2,1-4H3;4-5,7H,1-3H3. The van der Waals surface area contributed by atoms with E-state index in [2.05, 4.69) is 260 Å². The molecule has 654 valence electrons. The fourth-order valence-corrected chi connectivity index (χ4v) is 12.6. The third kappa shape index (κ3) is 33.8. The molecule has 13 rings (SSSR count). The lowest BCUT2D eigenvalue weighted by atomic mass is 9.89. The Morgan fingerprint density at radius 2 is 0.744 bits per heavy atom. The highest BCUT2D eigenvalue weighted by atomic mass is 19.3. The molecule has 22 nitrogen and oxygen atoms in total. The van der Waals surface area contributed by atoms with Gasteiger partial charge in [0.15, 0.2) is 0 Å². The summed E-state index contributed by atoms with van der Waals surface area (Å²) in [5.74, 6) is -2.46. The van der Waals surface area contributed by atoms with E-state index in [1.165, 1.54) is 71.7 Å². The van der Waals surface area contributed by atoms with E-state index in [0.717, 1.165) is 88.8 Å². The molecule has 0 bridgehead atoms. The summed E-state index contributed by atoms with van der Waals surface area (Å²) < 4.78 is 75.5. The van der Waals surface area contributed by atoms with Gasteiger partial charge in [-0.1, -0.05) is 166 Å². The van der Waals surface area contributed by atoms with Crippen LogP contribution < -0.4 is 0 Å². The molecule has 0 radical (unpaired) electrons. The Hall–Kier alpha value is -7.65. The minimum atomic E-state index is -2.54. The van der Waals surface area contributed by atoms with Crippen molar-refractivity contribution in [2.45, 2.75) is 337 Å². The number of alkyl halides is 4. The number of rotatable bonds is 11. The maximum absolute atomic E-state index is 13.1. The summed E-state index contributed by atoms with van der Waals surface area (Å²) in [6, 6.07) is 5.17. The molecule has 3 saturated heterocycles. The lowest BCUT2D eigenvalue weighted by molar-refractivity contribution is -0.0450. The highest BCUT2D eigenvalue weighted by Gasteiger charge is 2.36. The van der Waals surface area contributed by atoms with Crippen molar-refractivity contribution in [3.8, 4) is 5.69 Å². The van der Waals surface area contributed by atoms with Gasteiger partial charge in [0, 0.05) is 114 Å². The van der Waals surface area contributed by atoms with E-state index < -0.39 is 18.1 Å². The summed E-state index contributed by atoms with van der Waals surface area (Å²) in [5.41, 5.74) is 11.1. The molecular formula is C91H149F4N19O3. The zero-order chi connectivity index (χ0) is 87.3. The fourth-order valence-electron chi connectivity index (χ4n) is 12.6. The van der Waals surface area contributed by atoms with Gasteiger partial charge in [0.2, 0.25) is 5.92 Å². The molecule has 9 aromatic rings. The molecule has 12 heterocycles. The summed E-state index contributed by atoms with van der Waals surface area (Å²) in [5, 5.41) is 43.7. The van der Waals surface area contributed by atoms with Gasteiger partial charge in [-0.25, -0.2) is 18.1 Å². The summed E-state index contributed by atoms with van der Waals surface area (Å²) >= 11 is 0. The molecule has 9 aromatic heterocycles. The van der Waals surface area contributed by atoms with Crippen LogP contribution in [0.25, 0.3) is 5.69 Å². The average molecular weight is 1630 g/mol. The first-order chi connectivity index (χ1) is 54.1. The van der Waals surface area contributed by atoms with Gasteiger partial charge in [-0.2, -0.15) is 49.6 Å².